The van der Waals surface area contributed by atoms with E-state index in [4.69, 9.17) is 25.5 Å². The molecule has 0 aliphatic rings. The topological polar surface area (TPSA) is 168 Å². The molecule has 0 heterocycles. The molecule has 0 aliphatic heterocycles. The summed E-state index contributed by atoms with van der Waals surface area (Å²) in [5.74, 6) is 0.0370. The number of nitrogens with zero attached hydrogens (tertiary/aromatic N) is 1. The van der Waals surface area contributed by atoms with E-state index in [1.165, 1.54) is 26.8 Å². The largest absolute Gasteiger partial charge is 1.00 e. The van der Waals surface area contributed by atoms with Gasteiger partial charge in [-0.15, -0.1) is 10.1 Å². The van der Waals surface area contributed by atoms with Crippen LogP contribution in [0.2, 0.25) is 0 Å². The maximum atomic E-state index is 10.0. The molecule has 1 atom stereocenters. The zero-order valence-electron chi connectivity index (χ0n) is 12.8. The van der Waals surface area contributed by atoms with Crippen LogP contribution < -0.4 is 29.6 Å². The van der Waals surface area contributed by atoms with Gasteiger partial charge in [0.15, 0.2) is 0 Å². The van der Waals surface area contributed by atoms with E-state index in [1.807, 2.05) is 0 Å². The maximum absolute atomic E-state index is 10.0. The van der Waals surface area contributed by atoms with E-state index < -0.39 is 11.2 Å². The molecule has 0 bridgehead atoms. The van der Waals surface area contributed by atoms with Gasteiger partial charge in [-0.1, -0.05) is 7.43 Å². The quantitative estimate of drug-likeness (QED) is 0.129. The number of aliphatic hydroxyl groups excluding tert-OH is 2. The van der Waals surface area contributed by atoms with E-state index in [1.54, 1.807) is 6.92 Å². The molecule has 9 nitrogen and oxygen atoms in total. The fraction of sp³-hybridized carbons (Fsp3) is 0.636. The molecule has 0 saturated carbocycles. The Morgan fingerprint density at radius 3 is 1.39 bits per heavy atom. The minimum atomic E-state index is -1.50. The summed E-state index contributed by atoms with van der Waals surface area (Å²) in [5.41, 5.74) is 0. The summed E-state index contributed by atoms with van der Waals surface area (Å²) in [6.45, 7) is 5.91. The van der Waals surface area contributed by atoms with Crippen LogP contribution >= 0.6 is 0 Å². The number of aliphatic hydroxyl groups is 2. The monoisotopic (exact) mass is 535 g/mol. The van der Waals surface area contributed by atoms with Crippen molar-refractivity contribution in [2.45, 2.75) is 47.6 Å². The Morgan fingerprint density at radius 2 is 1.39 bits per heavy atom. The van der Waals surface area contributed by atoms with Crippen LogP contribution in [0.4, 0.5) is 0 Å². The van der Waals surface area contributed by atoms with Gasteiger partial charge in [0.25, 0.3) is 5.09 Å². The molecule has 0 aromatic carbocycles. The third kappa shape index (κ3) is 131. The molecule has 144 valence electrons. The minimum absolute atomic E-state index is 0. The van der Waals surface area contributed by atoms with Gasteiger partial charge in [-0.25, -0.2) is 0 Å². The van der Waals surface area contributed by atoms with Crippen molar-refractivity contribution in [3.05, 3.63) is 21.9 Å². The molecule has 0 spiro atoms. The molecule has 0 aliphatic carbocycles. The summed E-state index contributed by atoms with van der Waals surface area (Å²) < 4.78 is 0. The summed E-state index contributed by atoms with van der Waals surface area (Å²) in [7, 11) is 0. The normalized spacial score (nSPS) is 8.65. The number of rotatable bonds is 3. The van der Waals surface area contributed by atoms with Gasteiger partial charge < -0.3 is 20.9 Å². The Morgan fingerprint density at radius 1 is 1.17 bits per heavy atom. The van der Waals surface area contributed by atoms with Gasteiger partial charge in [0.2, 0.25) is 0 Å². The molecule has 0 rings (SSSR count). The van der Waals surface area contributed by atoms with Gasteiger partial charge in [-0.2, -0.15) is 0 Å². The molecular weight excluding hydrogens is 513 g/mol. The van der Waals surface area contributed by atoms with Gasteiger partial charge in [0.1, 0.15) is 11.6 Å². The van der Waals surface area contributed by atoms with Crippen LogP contribution in [-0.2, 0) is 54.3 Å². The van der Waals surface area contributed by atoms with Crippen molar-refractivity contribution < 1.29 is 110 Å². The second-order valence-electron chi connectivity index (χ2n) is 3.37. The number of hydrogen-bond donors (Lipinski definition) is 3. The molecule has 1 unspecified atom stereocenters. The molecule has 23 heavy (non-hydrogen) atoms. The molecule has 0 fully saturated rings. The van der Waals surface area contributed by atoms with Crippen molar-refractivity contribution >= 4 is 11.6 Å². The number of allylic oxidation sites excluding steroid dienone is 1. The summed E-state index contributed by atoms with van der Waals surface area (Å²) >= 11 is 0. The van der Waals surface area contributed by atoms with Gasteiger partial charge in [0, 0.05) is 44.8 Å². The van der Waals surface area contributed by atoms with Gasteiger partial charge >= 0.3 is 29.6 Å². The van der Waals surface area contributed by atoms with Crippen LogP contribution in [0.15, 0.2) is 11.8 Å². The van der Waals surface area contributed by atoms with E-state index in [2.05, 4.69) is 0 Å². The maximum Gasteiger partial charge on any atom is 1.00 e. The number of ketones is 2. The van der Waals surface area contributed by atoms with E-state index in [-0.39, 0.29) is 111 Å². The van der Waals surface area contributed by atoms with E-state index in [0.717, 1.165) is 0 Å². The first-order chi connectivity index (χ1) is 7.98. The molecular formula is C11H24Ag2NNaO8. The molecule has 12 heteroatoms. The molecule has 2 radical (unpaired) electrons. The summed E-state index contributed by atoms with van der Waals surface area (Å²) in [6.07, 6.45) is 0.907. The van der Waals surface area contributed by atoms with Crippen LogP contribution in [0.25, 0.3) is 0 Å². The summed E-state index contributed by atoms with van der Waals surface area (Å²) in [4.78, 5) is 28.4. The molecule has 0 amide bonds. The Hall–Kier alpha value is 0.481. The van der Waals surface area contributed by atoms with Crippen molar-refractivity contribution in [1.29, 1.82) is 0 Å². The van der Waals surface area contributed by atoms with Crippen LogP contribution in [-0.4, -0.2) is 43.7 Å². The Labute approximate surface area is 189 Å². The average molecular weight is 537 g/mol. The van der Waals surface area contributed by atoms with E-state index >= 15 is 0 Å². The molecule has 0 saturated heterocycles. The predicted octanol–water partition coefficient (Wildman–Crippen LogP) is -1.51. The first-order valence-corrected chi connectivity index (χ1v) is 4.86. The van der Waals surface area contributed by atoms with Crippen LogP contribution in [0, 0.1) is 10.1 Å². The number of Topliss-reactive ketones (excluding diaryl/α,β-unsaturated/α-hetero) is 2. The second kappa shape index (κ2) is 33.9. The first-order valence-electron chi connectivity index (χ1n) is 4.86. The van der Waals surface area contributed by atoms with Gasteiger partial charge in [0.05, 0.1) is 18.3 Å². The Balaban J connectivity index is -0.0000000227. The van der Waals surface area contributed by atoms with Crippen LogP contribution in [0.1, 0.15) is 41.5 Å². The van der Waals surface area contributed by atoms with Crippen molar-refractivity contribution in [2.24, 2.45) is 0 Å². The fourth-order valence-electron chi connectivity index (χ4n) is 0.700. The molecule has 0 aromatic rings. The van der Waals surface area contributed by atoms with Gasteiger partial charge in [-0.05, 0) is 33.8 Å². The second-order valence-corrected chi connectivity index (χ2v) is 3.37. The smallest absolute Gasteiger partial charge is 0.870 e. The Kier molecular flexibility index (Phi) is 73.1. The first kappa shape index (κ1) is 49.5. The standard InChI is InChI=1S/C5H10O2.C5H8O2.CH4.2Ag.HNO3.Na.H2O/c2*1-4(6)3-5(2)7;;;;2-1(3)4;;/h3-4,6-7H,1-2H3;3H2,1-2H3;1H4;;;(H,2,3,4);;1H2/q;;;;;;+1;/p-1. The molecule has 0 aromatic heterocycles. The molecule has 4 N–H and O–H groups in total. The average Bonchev–Trinajstić information content (AvgIpc) is 1.96. The predicted molar refractivity (Wildman–Crippen MR) is 71.5 cm³/mol. The van der Waals surface area contributed by atoms with Gasteiger partial charge in [-0.3, -0.25) is 9.59 Å². The third-order valence-corrected chi connectivity index (χ3v) is 0.980. The minimum Gasteiger partial charge on any atom is -0.870 e. The fourth-order valence-corrected chi connectivity index (χ4v) is 0.700. The Bertz CT molecular complexity index is 294. The van der Waals surface area contributed by atoms with Crippen LogP contribution in [0.3, 0.4) is 0 Å². The SMILES string of the molecule is C.CC(=O)CC(C)=O.CC(O)=CC(C)O.O=[N+]([O-])O.[Ag].[Ag].[Na+].[OH-]. The summed E-state index contributed by atoms with van der Waals surface area (Å²) in [6, 6.07) is 0. The number of hydrogen-bond acceptors (Lipinski definition) is 7. The zero-order chi connectivity index (χ0) is 15.3. The van der Waals surface area contributed by atoms with E-state index in [0.29, 0.717) is 0 Å². The van der Waals surface area contributed by atoms with Crippen molar-refractivity contribution in [1.82, 2.24) is 0 Å². The van der Waals surface area contributed by atoms with Crippen molar-refractivity contribution in [3.8, 4) is 0 Å². The van der Waals surface area contributed by atoms with E-state index in [9.17, 15) is 9.59 Å². The van der Waals surface area contributed by atoms with Crippen molar-refractivity contribution in [3.63, 3.8) is 0 Å². The third-order valence-electron chi connectivity index (χ3n) is 0.980. The summed E-state index contributed by atoms with van der Waals surface area (Å²) in [5, 5.41) is 30.5. The van der Waals surface area contributed by atoms with Crippen molar-refractivity contribution in [2.75, 3.05) is 0 Å². The zero-order valence-corrected chi connectivity index (χ0v) is 17.8. The number of carbonyl (C=O) groups is 2. The van der Waals surface area contributed by atoms with Crippen LogP contribution in [0.5, 0.6) is 0 Å². The number of carbonyl (C=O) groups excluding carboxylic acids is 2.